The maximum Gasteiger partial charge on any atom is 0.240 e. The SMILES string of the molecule is Cc1ccc(S(=O)(=O)NCCCCCC(=O)NCCC(C)C)cc1. The second-order valence-electron chi connectivity index (χ2n) is 6.55. The summed E-state index contributed by atoms with van der Waals surface area (Å²) in [5.74, 6) is 0.669. The molecule has 0 heterocycles. The van der Waals surface area contributed by atoms with Gasteiger partial charge in [-0.05, 0) is 44.2 Å². The molecule has 1 aromatic rings. The van der Waals surface area contributed by atoms with Crippen molar-refractivity contribution in [2.75, 3.05) is 13.1 Å². The Morgan fingerprint density at radius 3 is 2.33 bits per heavy atom. The maximum absolute atomic E-state index is 12.1. The Morgan fingerprint density at radius 2 is 1.71 bits per heavy atom. The molecule has 0 bridgehead atoms. The van der Waals surface area contributed by atoms with Crippen molar-refractivity contribution in [3.8, 4) is 0 Å². The lowest BCUT2D eigenvalue weighted by Gasteiger charge is -2.08. The zero-order valence-corrected chi connectivity index (χ0v) is 15.8. The van der Waals surface area contributed by atoms with Crippen LogP contribution in [0.25, 0.3) is 0 Å². The molecule has 0 aliphatic carbocycles. The molecular weight excluding hydrogens is 324 g/mol. The summed E-state index contributed by atoms with van der Waals surface area (Å²) in [6, 6.07) is 6.79. The molecule has 2 N–H and O–H groups in total. The van der Waals surface area contributed by atoms with E-state index in [1.54, 1.807) is 24.3 Å². The van der Waals surface area contributed by atoms with Gasteiger partial charge >= 0.3 is 0 Å². The molecular formula is C18H30N2O3S. The number of unbranched alkanes of at least 4 members (excludes halogenated alkanes) is 2. The number of hydrogen-bond acceptors (Lipinski definition) is 3. The summed E-state index contributed by atoms with van der Waals surface area (Å²) in [5.41, 5.74) is 1.03. The number of amides is 1. The van der Waals surface area contributed by atoms with Crippen molar-refractivity contribution in [3.05, 3.63) is 29.8 Å². The van der Waals surface area contributed by atoms with Gasteiger partial charge in [-0.15, -0.1) is 0 Å². The molecule has 0 aromatic heterocycles. The fraction of sp³-hybridized carbons (Fsp3) is 0.611. The summed E-state index contributed by atoms with van der Waals surface area (Å²) in [6.07, 6.45) is 3.83. The van der Waals surface area contributed by atoms with Gasteiger partial charge in [-0.2, -0.15) is 0 Å². The molecule has 0 saturated heterocycles. The van der Waals surface area contributed by atoms with Gasteiger partial charge in [0.2, 0.25) is 15.9 Å². The van der Waals surface area contributed by atoms with Gasteiger partial charge in [-0.25, -0.2) is 13.1 Å². The van der Waals surface area contributed by atoms with E-state index in [0.29, 0.717) is 18.9 Å². The highest BCUT2D eigenvalue weighted by atomic mass is 32.2. The number of sulfonamides is 1. The predicted octanol–water partition coefficient (Wildman–Crippen LogP) is 3.00. The third-order valence-corrected chi connectivity index (χ3v) is 5.22. The third-order valence-electron chi connectivity index (χ3n) is 3.75. The Bertz CT molecular complexity index is 595. The lowest BCUT2D eigenvalue weighted by atomic mass is 10.1. The number of nitrogens with one attached hydrogen (secondary N) is 2. The van der Waals surface area contributed by atoms with Crippen molar-refractivity contribution >= 4 is 15.9 Å². The largest absolute Gasteiger partial charge is 0.356 e. The number of carbonyl (C=O) groups is 1. The number of carbonyl (C=O) groups excluding carboxylic acids is 1. The fourth-order valence-electron chi connectivity index (χ4n) is 2.18. The Labute approximate surface area is 146 Å². The average Bonchev–Trinajstić information content (AvgIpc) is 2.50. The Kier molecular flexibility index (Phi) is 9.00. The molecule has 0 saturated carbocycles. The molecule has 136 valence electrons. The molecule has 0 fully saturated rings. The molecule has 1 aromatic carbocycles. The van der Waals surface area contributed by atoms with Gasteiger partial charge in [0.25, 0.3) is 0 Å². The van der Waals surface area contributed by atoms with Crippen molar-refractivity contribution in [1.29, 1.82) is 0 Å². The summed E-state index contributed by atoms with van der Waals surface area (Å²) < 4.78 is 26.8. The predicted molar refractivity (Wildman–Crippen MR) is 97.3 cm³/mol. The van der Waals surface area contributed by atoms with Crippen LogP contribution in [-0.4, -0.2) is 27.4 Å². The van der Waals surface area contributed by atoms with Gasteiger partial charge in [0.05, 0.1) is 4.90 Å². The Hall–Kier alpha value is -1.40. The highest BCUT2D eigenvalue weighted by Gasteiger charge is 2.12. The van der Waals surface area contributed by atoms with E-state index in [1.165, 1.54) is 0 Å². The number of aryl methyl sites for hydroxylation is 1. The van der Waals surface area contributed by atoms with Crippen LogP contribution in [0.4, 0.5) is 0 Å². The van der Waals surface area contributed by atoms with E-state index < -0.39 is 10.0 Å². The first kappa shape index (κ1) is 20.6. The van der Waals surface area contributed by atoms with Gasteiger partial charge < -0.3 is 5.32 Å². The second-order valence-corrected chi connectivity index (χ2v) is 8.32. The monoisotopic (exact) mass is 354 g/mol. The van der Waals surface area contributed by atoms with Crippen LogP contribution >= 0.6 is 0 Å². The zero-order chi connectivity index (χ0) is 18.0. The van der Waals surface area contributed by atoms with Crippen LogP contribution in [0.2, 0.25) is 0 Å². The van der Waals surface area contributed by atoms with Gasteiger partial charge in [0, 0.05) is 19.5 Å². The van der Waals surface area contributed by atoms with Gasteiger partial charge in [0.15, 0.2) is 0 Å². The van der Waals surface area contributed by atoms with E-state index in [4.69, 9.17) is 0 Å². The molecule has 0 atom stereocenters. The van der Waals surface area contributed by atoms with Crippen molar-refractivity contribution in [2.24, 2.45) is 5.92 Å². The first-order valence-corrected chi connectivity index (χ1v) is 10.1. The Balaban J connectivity index is 2.15. The first-order chi connectivity index (χ1) is 11.3. The third kappa shape index (κ3) is 8.45. The number of rotatable bonds is 11. The molecule has 0 aliphatic heterocycles. The molecule has 6 heteroatoms. The number of hydrogen-bond donors (Lipinski definition) is 2. The summed E-state index contributed by atoms with van der Waals surface area (Å²) >= 11 is 0. The Morgan fingerprint density at radius 1 is 1.04 bits per heavy atom. The lowest BCUT2D eigenvalue weighted by Crippen LogP contribution is -2.25. The molecule has 0 unspecified atom stereocenters. The second kappa shape index (κ2) is 10.5. The van der Waals surface area contributed by atoms with Crippen LogP contribution in [0.1, 0.15) is 51.5 Å². The molecule has 0 radical (unpaired) electrons. The highest BCUT2D eigenvalue weighted by Crippen LogP contribution is 2.10. The van der Waals surface area contributed by atoms with E-state index in [-0.39, 0.29) is 10.8 Å². The quantitative estimate of drug-likeness (QED) is 0.600. The maximum atomic E-state index is 12.1. The van der Waals surface area contributed by atoms with E-state index in [9.17, 15) is 13.2 Å². The van der Waals surface area contributed by atoms with Gasteiger partial charge in [-0.1, -0.05) is 38.0 Å². The standard InChI is InChI=1S/C18H30N2O3S/c1-15(2)12-14-19-18(21)7-5-4-6-13-20-24(22,23)17-10-8-16(3)9-11-17/h8-11,15,20H,4-7,12-14H2,1-3H3,(H,19,21). The smallest absolute Gasteiger partial charge is 0.240 e. The van der Waals surface area contributed by atoms with Crippen LogP contribution in [0.5, 0.6) is 0 Å². The summed E-state index contributed by atoms with van der Waals surface area (Å²) in [4.78, 5) is 11.9. The van der Waals surface area contributed by atoms with E-state index in [2.05, 4.69) is 23.9 Å². The average molecular weight is 355 g/mol. The normalized spacial score (nSPS) is 11.7. The summed E-state index contributed by atoms with van der Waals surface area (Å²) in [7, 11) is -3.43. The van der Waals surface area contributed by atoms with Gasteiger partial charge in [0.1, 0.15) is 0 Å². The van der Waals surface area contributed by atoms with E-state index >= 15 is 0 Å². The molecule has 1 amide bonds. The number of benzene rings is 1. The highest BCUT2D eigenvalue weighted by molar-refractivity contribution is 7.89. The molecule has 0 spiro atoms. The summed E-state index contributed by atoms with van der Waals surface area (Å²) in [5, 5.41) is 2.90. The molecule has 24 heavy (non-hydrogen) atoms. The van der Waals surface area contributed by atoms with Crippen LogP contribution < -0.4 is 10.0 Å². The van der Waals surface area contributed by atoms with Crippen molar-refractivity contribution in [2.45, 2.75) is 57.8 Å². The minimum atomic E-state index is -3.43. The minimum Gasteiger partial charge on any atom is -0.356 e. The van der Waals surface area contributed by atoms with Crippen molar-refractivity contribution in [1.82, 2.24) is 10.0 Å². The van der Waals surface area contributed by atoms with E-state index in [0.717, 1.165) is 37.8 Å². The van der Waals surface area contributed by atoms with Crippen LogP contribution in [0.15, 0.2) is 29.2 Å². The molecule has 5 nitrogen and oxygen atoms in total. The van der Waals surface area contributed by atoms with E-state index in [1.807, 2.05) is 6.92 Å². The zero-order valence-electron chi connectivity index (χ0n) is 15.0. The van der Waals surface area contributed by atoms with Crippen molar-refractivity contribution < 1.29 is 13.2 Å². The lowest BCUT2D eigenvalue weighted by molar-refractivity contribution is -0.121. The topological polar surface area (TPSA) is 75.3 Å². The first-order valence-electron chi connectivity index (χ1n) is 8.64. The summed E-state index contributed by atoms with van der Waals surface area (Å²) in [6.45, 7) is 7.30. The van der Waals surface area contributed by atoms with Gasteiger partial charge in [-0.3, -0.25) is 4.79 Å². The van der Waals surface area contributed by atoms with Crippen LogP contribution in [0, 0.1) is 12.8 Å². The van der Waals surface area contributed by atoms with Crippen LogP contribution in [0.3, 0.4) is 0 Å². The fourth-order valence-corrected chi connectivity index (χ4v) is 3.26. The molecule has 0 aliphatic rings. The van der Waals surface area contributed by atoms with Crippen LogP contribution in [-0.2, 0) is 14.8 Å². The molecule has 1 rings (SSSR count). The minimum absolute atomic E-state index is 0.0795. The van der Waals surface area contributed by atoms with Crippen molar-refractivity contribution in [3.63, 3.8) is 0 Å².